The summed E-state index contributed by atoms with van der Waals surface area (Å²) >= 11 is 0. The van der Waals surface area contributed by atoms with Gasteiger partial charge in [0.1, 0.15) is 11.5 Å². The quantitative estimate of drug-likeness (QED) is 0.158. The largest absolute Gasteiger partial charge is 0.457 e. The smallest absolute Gasteiger partial charge is 0.164 e. The fourth-order valence-electron chi connectivity index (χ4n) is 9.91. The molecule has 7 heteroatoms. The number of hydrogen-bond donors (Lipinski definition) is 0. The molecule has 68 heavy (non-hydrogen) atoms. The maximum absolute atomic E-state index is 6.66. The normalized spacial score (nSPS) is 12.6. The van der Waals surface area contributed by atoms with E-state index in [1.807, 2.05) is 133 Å². The molecule has 7 nitrogen and oxygen atoms in total. The van der Waals surface area contributed by atoms with Crippen LogP contribution < -0.4 is 4.74 Å². The Kier molecular flexibility index (Phi) is 9.25. The fraction of sp³-hybridized carbons (Fsp3) is 0.0164. The van der Waals surface area contributed by atoms with Gasteiger partial charge in [0, 0.05) is 44.5 Å². The zero-order valence-electron chi connectivity index (χ0n) is 36.5. The topological polar surface area (TPSA) is 86.6 Å². The van der Waals surface area contributed by atoms with Crippen molar-refractivity contribution in [1.82, 2.24) is 29.9 Å². The van der Waals surface area contributed by atoms with Crippen LogP contribution in [0.5, 0.6) is 11.5 Å². The molecule has 3 heterocycles. The molecule has 0 N–H and O–H groups in total. The third-order valence-electron chi connectivity index (χ3n) is 13.1. The molecule has 0 amide bonds. The lowest BCUT2D eigenvalue weighted by molar-refractivity contribution is 0.436. The average molecular weight is 871 g/mol. The van der Waals surface area contributed by atoms with Crippen LogP contribution in [-0.2, 0) is 5.41 Å². The molecule has 0 unspecified atom stereocenters. The fourth-order valence-corrected chi connectivity index (χ4v) is 9.91. The highest BCUT2D eigenvalue weighted by Gasteiger charge is 2.51. The third-order valence-corrected chi connectivity index (χ3v) is 13.1. The number of aromatic nitrogens is 6. The van der Waals surface area contributed by atoms with Crippen LogP contribution in [0.2, 0.25) is 0 Å². The average Bonchev–Trinajstić information content (AvgIpc) is 3.70. The summed E-state index contributed by atoms with van der Waals surface area (Å²) in [5.74, 6) is 5.40. The van der Waals surface area contributed by atoms with Crippen LogP contribution >= 0.6 is 0 Å². The van der Waals surface area contributed by atoms with E-state index < -0.39 is 5.41 Å². The molecule has 1 aliphatic carbocycles. The van der Waals surface area contributed by atoms with E-state index in [1.165, 1.54) is 11.1 Å². The highest BCUT2D eigenvalue weighted by molar-refractivity contribution is 5.92. The molecule has 2 aliphatic rings. The number of para-hydroxylation sites is 2. The molecule has 318 valence electrons. The highest BCUT2D eigenvalue weighted by atomic mass is 16.5. The summed E-state index contributed by atoms with van der Waals surface area (Å²) < 4.78 is 6.66. The zero-order chi connectivity index (χ0) is 45.0. The molecular weight excluding hydrogens is 833 g/mol. The van der Waals surface area contributed by atoms with Crippen molar-refractivity contribution < 1.29 is 4.74 Å². The molecular formula is C61H38N6O. The van der Waals surface area contributed by atoms with Gasteiger partial charge in [-0.3, -0.25) is 0 Å². The second kappa shape index (κ2) is 16.0. The van der Waals surface area contributed by atoms with Gasteiger partial charge in [0.2, 0.25) is 0 Å². The molecule has 0 atom stereocenters. The maximum Gasteiger partial charge on any atom is 0.164 e. The summed E-state index contributed by atoms with van der Waals surface area (Å²) in [5.41, 5.74) is 13.8. The molecule has 11 aromatic rings. The standard InChI is InChI=1S/C61H38N6O/c1-5-17-40(18-6-1)55-62-56(41-19-7-2-8-20-41)65-59(64-55)44-31-29-39(30-32-44)45-33-35-49-47(37-45)48-38-46(60-66-57(42-21-9-3-10-22-42)63-58(67-60)43-23-11-4-12-24-43)34-36-50(48)61(49)51-25-13-15-27-53(51)68-54-28-16-14-26-52(54)61/h1-38H. The highest BCUT2D eigenvalue weighted by Crippen LogP contribution is 2.62. The van der Waals surface area contributed by atoms with Crippen LogP contribution in [0.4, 0.5) is 0 Å². The van der Waals surface area contributed by atoms with Crippen molar-refractivity contribution in [3.8, 4) is 102 Å². The summed E-state index contributed by atoms with van der Waals surface area (Å²) in [6, 6.07) is 79.4. The van der Waals surface area contributed by atoms with Gasteiger partial charge in [-0.1, -0.05) is 206 Å². The van der Waals surface area contributed by atoms with Gasteiger partial charge in [-0.25, -0.2) is 29.9 Å². The predicted octanol–water partition coefficient (Wildman–Crippen LogP) is 14.2. The van der Waals surface area contributed by atoms with E-state index in [0.29, 0.717) is 34.9 Å². The van der Waals surface area contributed by atoms with Crippen LogP contribution in [0.25, 0.3) is 90.6 Å². The first-order chi connectivity index (χ1) is 33.7. The van der Waals surface area contributed by atoms with Gasteiger partial charge in [0.05, 0.1) is 5.41 Å². The van der Waals surface area contributed by atoms with Crippen molar-refractivity contribution in [1.29, 1.82) is 0 Å². The van der Waals surface area contributed by atoms with Crippen molar-refractivity contribution in [2.75, 3.05) is 0 Å². The minimum atomic E-state index is -0.647. The van der Waals surface area contributed by atoms with E-state index in [1.54, 1.807) is 0 Å². The minimum absolute atomic E-state index is 0.603. The van der Waals surface area contributed by atoms with Crippen LogP contribution in [0.1, 0.15) is 22.3 Å². The Labute approximate surface area is 393 Å². The third kappa shape index (κ3) is 6.51. The molecule has 0 saturated heterocycles. The Balaban J connectivity index is 0.975. The Morgan fingerprint density at radius 1 is 0.235 bits per heavy atom. The Morgan fingerprint density at radius 2 is 0.529 bits per heavy atom. The summed E-state index contributed by atoms with van der Waals surface area (Å²) in [7, 11) is 0. The van der Waals surface area contributed by atoms with Crippen molar-refractivity contribution >= 4 is 0 Å². The second-order valence-corrected chi connectivity index (χ2v) is 17.0. The van der Waals surface area contributed by atoms with Gasteiger partial charge < -0.3 is 4.74 Å². The van der Waals surface area contributed by atoms with Crippen molar-refractivity contribution in [2.24, 2.45) is 0 Å². The zero-order valence-corrected chi connectivity index (χ0v) is 36.5. The number of benzene rings is 9. The predicted molar refractivity (Wildman–Crippen MR) is 269 cm³/mol. The van der Waals surface area contributed by atoms with E-state index in [9.17, 15) is 0 Å². The lowest BCUT2D eigenvalue weighted by atomic mass is 9.66. The Bertz CT molecular complexity index is 3530. The number of rotatable bonds is 7. The number of ether oxygens (including phenoxy) is 1. The molecule has 0 saturated carbocycles. The Morgan fingerprint density at radius 3 is 0.941 bits per heavy atom. The van der Waals surface area contributed by atoms with Gasteiger partial charge in [-0.15, -0.1) is 0 Å². The molecule has 13 rings (SSSR count). The maximum atomic E-state index is 6.66. The van der Waals surface area contributed by atoms with Gasteiger partial charge >= 0.3 is 0 Å². The van der Waals surface area contributed by atoms with Gasteiger partial charge in [-0.05, 0) is 57.6 Å². The SMILES string of the molecule is c1ccc(-c2nc(-c3ccccc3)nc(-c3ccc(-c4ccc5c(c4)-c4cc(-c6nc(-c7ccccc7)nc(-c7ccccc7)n6)ccc4C54c5ccccc5Oc5ccccc54)cc3)n2)cc1. The lowest BCUT2D eigenvalue weighted by Crippen LogP contribution is -2.32. The number of nitrogens with zero attached hydrogens (tertiary/aromatic N) is 6. The number of hydrogen-bond acceptors (Lipinski definition) is 7. The van der Waals surface area contributed by atoms with Crippen LogP contribution in [-0.4, -0.2) is 29.9 Å². The van der Waals surface area contributed by atoms with E-state index in [2.05, 4.69) is 97.1 Å². The van der Waals surface area contributed by atoms with E-state index in [4.69, 9.17) is 34.6 Å². The molecule has 1 aliphatic heterocycles. The molecule has 9 aromatic carbocycles. The minimum Gasteiger partial charge on any atom is -0.457 e. The van der Waals surface area contributed by atoms with E-state index >= 15 is 0 Å². The summed E-state index contributed by atoms with van der Waals surface area (Å²) in [4.78, 5) is 30.2. The lowest BCUT2D eigenvalue weighted by Gasteiger charge is -2.39. The van der Waals surface area contributed by atoms with E-state index in [-0.39, 0.29) is 0 Å². The van der Waals surface area contributed by atoms with Crippen molar-refractivity contribution in [3.63, 3.8) is 0 Å². The summed E-state index contributed by atoms with van der Waals surface area (Å²) in [6.07, 6.45) is 0. The monoisotopic (exact) mass is 870 g/mol. The first-order valence-electron chi connectivity index (χ1n) is 22.7. The van der Waals surface area contributed by atoms with Crippen LogP contribution in [0.3, 0.4) is 0 Å². The van der Waals surface area contributed by atoms with Crippen molar-refractivity contribution in [3.05, 3.63) is 253 Å². The summed E-state index contributed by atoms with van der Waals surface area (Å²) in [5, 5.41) is 0. The first kappa shape index (κ1) is 39.2. The van der Waals surface area contributed by atoms with E-state index in [0.717, 1.165) is 78.3 Å². The van der Waals surface area contributed by atoms with Crippen molar-refractivity contribution in [2.45, 2.75) is 5.41 Å². The van der Waals surface area contributed by atoms with Gasteiger partial charge in [-0.2, -0.15) is 0 Å². The van der Waals surface area contributed by atoms with Gasteiger partial charge in [0.15, 0.2) is 34.9 Å². The molecule has 0 bridgehead atoms. The summed E-state index contributed by atoms with van der Waals surface area (Å²) in [6.45, 7) is 0. The molecule has 0 radical (unpaired) electrons. The molecule has 1 spiro atoms. The number of fused-ring (bicyclic) bond motifs is 9. The Hall–Kier alpha value is -9.20. The molecule has 2 aromatic heterocycles. The van der Waals surface area contributed by atoms with Gasteiger partial charge in [0.25, 0.3) is 0 Å². The molecule has 0 fully saturated rings. The first-order valence-corrected chi connectivity index (χ1v) is 22.7. The van der Waals surface area contributed by atoms with Crippen LogP contribution in [0, 0.1) is 0 Å². The van der Waals surface area contributed by atoms with Crippen LogP contribution in [0.15, 0.2) is 231 Å². The second-order valence-electron chi connectivity index (χ2n) is 17.0.